The molecule has 2 amide bonds. The van der Waals surface area contributed by atoms with Crippen LogP contribution in [-0.2, 0) is 23.2 Å². The summed E-state index contributed by atoms with van der Waals surface area (Å²) in [7, 11) is 0. The highest BCUT2D eigenvalue weighted by atomic mass is 32.2. The molecule has 1 aliphatic heterocycles. The summed E-state index contributed by atoms with van der Waals surface area (Å²) in [4.78, 5) is 17.7. The minimum atomic E-state index is -0.509. The van der Waals surface area contributed by atoms with Crippen LogP contribution in [0.15, 0.2) is 101 Å². The van der Waals surface area contributed by atoms with Crippen molar-refractivity contribution in [2.24, 2.45) is 0 Å². The van der Waals surface area contributed by atoms with Crippen molar-refractivity contribution < 1.29 is 19.0 Å². The predicted octanol–water partition coefficient (Wildman–Crippen LogP) is 7.37. The van der Waals surface area contributed by atoms with Gasteiger partial charge >= 0.3 is 6.03 Å². The predicted molar refractivity (Wildman–Crippen MR) is 208 cm³/mol. The van der Waals surface area contributed by atoms with E-state index in [1.807, 2.05) is 65.5 Å². The largest absolute Gasteiger partial charge is 0.508 e. The average molecular weight is 753 g/mol. The van der Waals surface area contributed by atoms with E-state index in [1.54, 1.807) is 16.2 Å². The van der Waals surface area contributed by atoms with Gasteiger partial charge in [0, 0.05) is 59.4 Å². The summed E-state index contributed by atoms with van der Waals surface area (Å²) in [6.45, 7) is 8.69. The number of hydrogen-bond acceptors (Lipinski definition) is 9. The number of hydrogen-bond donors (Lipinski definition) is 3. The number of amides is 2. The number of thioether (sulfide) groups is 1. The van der Waals surface area contributed by atoms with E-state index in [9.17, 15) is 14.3 Å². The van der Waals surface area contributed by atoms with E-state index >= 15 is 0 Å². The molecule has 3 N–H and O–H groups in total. The van der Waals surface area contributed by atoms with Crippen LogP contribution < -0.4 is 10.6 Å². The summed E-state index contributed by atoms with van der Waals surface area (Å²) >= 11 is 3.27. The van der Waals surface area contributed by atoms with Gasteiger partial charge in [0.1, 0.15) is 17.4 Å². The van der Waals surface area contributed by atoms with Gasteiger partial charge < -0.3 is 15.2 Å². The van der Waals surface area contributed by atoms with Crippen molar-refractivity contribution in [3.8, 4) is 22.8 Å². The van der Waals surface area contributed by atoms with E-state index in [4.69, 9.17) is 9.84 Å². The van der Waals surface area contributed by atoms with E-state index in [0.29, 0.717) is 11.5 Å². The maximum Gasteiger partial charge on any atom is 0.320 e. The van der Waals surface area contributed by atoms with E-state index in [0.717, 1.165) is 65.3 Å². The van der Waals surface area contributed by atoms with E-state index < -0.39 is 5.82 Å². The number of nitrogens with one attached hydrogen (secondary N) is 2. The number of fused-ring (bicyclic) bond motifs is 1. The summed E-state index contributed by atoms with van der Waals surface area (Å²) in [6.07, 6.45) is 3.92. The number of carbonyl (C=O) groups excluding carboxylic acids is 1. The van der Waals surface area contributed by atoms with Gasteiger partial charge in [0.05, 0.1) is 30.2 Å². The Balaban J connectivity index is 1.08. The second-order valence-corrected chi connectivity index (χ2v) is 15.5. The highest BCUT2D eigenvalue weighted by Gasteiger charge is 2.26. The maximum atomic E-state index is 14.7. The van der Waals surface area contributed by atoms with Crippen molar-refractivity contribution in [3.63, 3.8) is 0 Å². The van der Waals surface area contributed by atoms with Gasteiger partial charge in [-0.1, -0.05) is 55.9 Å². The fourth-order valence-corrected chi connectivity index (χ4v) is 8.08. The van der Waals surface area contributed by atoms with Crippen molar-refractivity contribution >= 4 is 41.0 Å². The first-order valence-electron chi connectivity index (χ1n) is 17.3. The molecule has 7 rings (SSSR count). The Morgan fingerprint density at radius 2 is 1.83 bits per heavy atom. The van der Waals surface area contributed by atoms with Crippen molar-refractivity contribution in [2.45, 2.75) is 42.1 Å². The molecule has 0 atom stereocenters. The van der Waals surface area contributed by atoms with Gasteiger partial charge in [0.25, 0.3) is 0 Å². The lowest BCUT2D eigenvalue weighted by atomic mass is 9.92. The number of pyridine rings is 1. The molecule has 1 aliphatic rings. The summed E-state index contributed by atoms with van der Waals surface area (Å²) in [5, 5.41) is 29.5. The number of aromatic hydroxyl groups is 1. The Morgan fingerprint density at radius 3 is 2.66 bits per heavy atom. The standard InChI is InChI=1S/C39H41FN8O3S2/c1-39(2,25-52-3)34-21-36(48(45-34)28-9-6-7-26(19-28)23-46-15-17-51-18-16-46)42-38(50)41-22-27-8-4-5-10-33(27)53-30-12-14-35-43-44-37(47(35)24-30)31-20-29(49)11-13-32(31)40/h4-14,19-21,24,49H,15-18,22-23,25H2,1-3H3,(H2,41,42,50). The van der Waals surface area contributed by atoms with Crippen LogP contribution >= 0.6 is 23.5 Å². The van der Waals surface area contributed by atoms with Crippen molar-refractivity contribution in [1.29, 1.82) is 0 Å². The number of benzene rings is 3. The minimum Gasteiger partial charge on any atom is -0.508 e. The first kappa shape index (κ1) is 36.5. The van der Waals surface area contributed by atoms with Gasteiger partial charge in [-0.3, -0.25) is 14.6 Å². The lowest BCUT2D eigenvalue weighted by Gasteiger charge is -2.26. The molecule has 4 heterocycles. The number of anilines is 1. The molecule has 1 saturated heterocycles. The molecule has 0 spiro atoms. The first-order chi connectivity index (χ1) is 25.7. The van der Waals surface area contributed by atoms with E-state index in [-0.39, 0.29) is 35.1 Å². The molecular formula is C39H41FN8O3S2. The highest BCUT2D eigenvalue weighted by molar-refractivity contribution is 7.99. The number of halogens is 1. The Morgan fingerprint density at radius 1 is 1.00 bits per heavy atom. The number of morpholine rings is 1. The van der Waals surface area contributed by atoms with Gasteiger partial charge in [-0.25, -0.2) is 13.9 Å². The van der Waals surface area contributed by atoms with Crippen LogP contribution in [0, 0.1) is 5.82 Å². The number of nitrogens with zero attached hydrogens (tertiary/aromatic N) is 6. The van der Waals surface area contributed by atoms with Gasteiger partial charge in [0.15, 0.2) is 11.5 Å². The summed E-state index contributed by atoms with van der Waals surface area (Å²) in [6, 6.07) is 25.3. The maximum absolute atomic E-state index is 14.7. The number of aromatic nitrogens is 5. The Hall–Kier alpha value is -4.89. The molecule has 3 aromatic carbocycles. The fourth-order valence-electron chi connectivity index (χ4n) is 6.25. The molecule has 3 aromatic heterocycles. The quantitative estimate of drug-likeness (QED) is 0.118. The van der Waals surface area contributed by atoms with Crippen molar-refractivity contribution in [3.05, 3.63) is 114 Å². The molecule has 0 radical (unpaired) electrons. The van der Waals surface area contributed by atoms with E-state index in [1.165, 1.54) is 35.5 Å². The van der Waals surface area contributed by atoms with Crippen LogP contribution in [0.25, 0.3) is 22.7 Å². The van der Waals surface area contributed by atoms with Crippen molar-refractivity contribution in [1.82, 2.24) is 34.6 Å². The smallest absolute Gasteiger partial charge is 0.320 e. The number of phenolic OH excluding ortho intramolecular Hbond substituents is 1. The third-order valence-corrected chi connectivity index (χ3v) is 11.1. The third kappa shape index (κ3) is 8.51. The van der Waals surface area contributed by atoms with Gasteiger partial charge in [-0.05, 0) is 65.9 Å². The molecule has 1 fully saturated rings. The summed E-state index contributed by atoms with van der Waals surface area (Å²) < 4.78 is 23.7. The molecule has 0 saturated carbocycles. The lowest BCUT2D eigenvalue weighted by Crippen LogP contribution is -2.35. The third-order valence-electron chi connectivity index (χ3n) is 9.02. The molecule has 53 heavy (non-hydrogen) atoms. The summed E-state index contributed by atoms with van der Waals surface area (Å²) in [5.41, 5.74) is 4.33. The zero-order valence-electron chi connectivity index (χ0n) is 29.8. The van der Waals surface area contributed by atoms with Crippen LogP contribution in [0.4, 0.5) is 15.0 Å². The number of rotatable bonds is 12. The monoisotopic (exact) mass is 752 g/mol. The molecule has 0 aliphatic carbocycles. The first-order valence-corrected chi connectivity index (χ1v) is 19.5. The fraction of sp³-hybridized carbons (Fsp3) is 0.282. The van der Waals surface area contributed by atoms with Gasteiger partial charge in [0.2, 0.25) is 0 Å². The molecule has 0 bridgehead atoms. The average Bonchev–Trinajstić information content (AvgIpc) is 3.78. The van der Waals surface area contributed by atoms with E-state index in [2.05, 4.69) is 58.0 Å². The molecule has 274 valence electrons. The van der Waals surface area contributed by atoms with Crippen LogP contribution in [0.3, 0.4) is 0 Å². The molecule has 0 unspecified atom stereocenters. The number of ether oxygens (including phenoxy) is 1. The molecule has 11 nitrogen and oxygen atoms in total. The topological polar surface area (TPSA) is 122 Å². The Bertz CT molecular complexity index is 2230. The molecule has 14 heteroatoms. The second kappa shape index (κ2) is 16.0. The van der Waals surface area contributed by atoms with Crippen LogP contribution in [0.2, 0.25) is 0 Å². The highest BCUT2D eigenvalue weighted by Crippen LogP contribution is 2.33. The molecule has 6 aromatic rings. The van der Waals surface area contributed by atoms with Crippen molar-refractivity contribution in [2.75, 3.05) is 43.6 Å². The van der Waals surface area contributed by atoms with Gasteiger partial charge in [-0.2, -0.15) is 16.9 Å². The lowest BCUT2D eigenvalue weighted by molar-refractivity contribution is 0.0342. The van der Waals surface area contributed by atoms with Crippen LogP contribution in [0.1, 0.15) is 30.7 Å². The number of carbonyl (C=O) groups is 1. The zero-order valence-corrected chi connectivity index (χ0v) is 31.4. The minimum absolute atomic E-state index is 0.0628. The second-order valence-electron chi connectivity index (χ2n) is 13.5. The Kier molecular flexibility index (Phi) is 11.0. The SMILES string of the molecule is CSCC(C)(C)c1cc(NC(=O)NCc2ccccc2Sc2ccc3nnc(-c4cc(O)ccc4F)n3c2)n(-c2cccc(CN3CCOCC3)c2)n1. The summed E-state index contributed by atoms with van der Waals surface area (Å²) in [5.74, 6) is 1.17. The molecular weight excluding hydrogens is 712 g/mol. The Labute approximate surface area is 316 Å². The van der Waals surface area contributed by atoms with Crippen LogP contribution in [-0.4, -0.2) is 78.7 Å². The van der Waals surface area contributed by atoms with Gasteiger partial charge in [-0.15, -0.1) is 10.2 Å². The van der Waals surface area contributed by atoms with Crippen LogP contribution in [0.5, 0.6) is 5.75 Å². The number of urea groups is 1. The number of phenols is 1. The normalized spacial score (nSPS) is 13.7. The zero-order chi connectivity index (χ0) is 37.0.